The average molecular weight is 489 g/mol. The van der Waals surface area contributed by atoms with Crippen molar-refractivity contribution in [3.63, 3.8) is 0 Å². The predicted octanol–water partition coefficient (Wildman–Crippen LogP) is 2.90. The van der Waals surface area contributed by atoms with E-state index in [-0.39, 0.29) is 24.0 Å². The summed E-state index contributed by atoms with van der Waals surface area (Å²) in [4.78, 5) is 7.28. The molecule has 6 nitrogen and oxygen atoms in total. The van der Waals surface area contributed by atoms with Crippen LogP contribution in [0.1, 0.15) is 32.3 Å². The first-order valence-electron chi connectivity index (χ1n) is 9.84. The van der Waals surface area contributed by atoms with Crippen molar-refractivity contribution in [1.29, 1.82) is 0 Å². The van der Waals surface area contributed by atoms with Crippen molar-refractivity contribution in [2.45, 2.75) is 39.3 Å². The van der Waals surface area contributed by atoms with E-state index in [4.69, 9.17) is 9.73 Å². The van der Waals surface area contributed by atoms with Crippen LogP contribution < -0.4 is 16.0 Å². The summed E-state index contributed by atoms with van der Waals surface area (Å²) < 4.78 is 5.05. The molecule has 1 unspecified atom stereocenters. The number of anilines is 1. The normalized spacial score (nSPS) is 17.4. The number of hydrogen-bond acceptors (Lipinski definition) is 4. The fourth-order valence-corrected chi connectivity index (χ4v) is 3.29. The van der Waals surface area contributed by atoms with Gasteiger partial charge in [0.25, 0.3) is 0 Å². The number of ether oxygens (including phenoxy) is 1. The monoisotopic (exact) mass is 489 g/mol. The van der Waals surface area contributed by atoms with Gasteiger partial charge >= 0.3 is 0 Å². The highest BCUT2D eigenvalue weighted by Gasteiger charge is 2.22. The molecule has 1 saturated heterocycles. The van der Waals surface area contributed by atoms with Crippen LogP contribution in [0.25, 0.3) is 0 Å². The standard InChI is InChI=1S/C20H35N5O.HI/c1-4-21-20(24-16-19-7-6-13-25(19)5-2)23-15-17-8-10-18(11-9-17)22-12-14-26-3;/h8-11,19,22H,4-7,12-16H2,1-3H3,(H2,21,23,24);1H. The Morgan fingerprint density at radius 1 is 1.22 bits per heavy atom. The zero-order chi connectivity index (χ0) is 18.6. The van der Waals surface area contributed by atoms with Crippen LogP contribution in [0.5, 0.6) is 0 Å². The van der Waals surface area contributed by atoms with Gasteiger partial charge in [0.05, 0.1) is 13.2 Å². The van der Waals surface area contributed by atoms with Crippen LogP contribution in [-0.2, 0) is 11.3 Å². The lowest BCUT2D eigenvalue weighted by Gasteiger charge is -2.24. The Kier molecular flexibility index (Phi) is 12.4. The summed E-state index contributed by atoms with van der Waals surface area (Å²) in [5.74, 6) is 0.901. The molecule has 3 N–H and O–H groups in total. The number of likely N-dealkylation sites (tertiary alicyclic amines) is 1. The van der Waals surface area contributed by atoms with Crippen LogP contribution in [0, 0.1) is 0 Å². The number of hydrogen-bond donors (Lipinski definition) is 3. The third-order valence-electron chi connectivity index (χ3n) is 4.76. The molecular weight excluding hydrogens is 453 g/mol. The maximum absolute atomic E-state index is 5.05. The fourth-order valence-electron chi connectivity index (χ4n) is 3.29. The number of nitrogens with zero attached hydrogens (tertiary/aromatic N) is 2. The molecular formula is C20H36IN5O. The molecule has 27 heavy (non-hydrogen) atoms. The summed E-state index contributed by atoms with van der Waals surface area (Å²) >= 11 is 0. The van der Waals surface area contributed by atoms with Gasteiger partial charge in [-0.15, -0.1) is 24.0 Å². The maximum Gasteiger partial charge on any atom is 0.191 e. The van der Waals surface area contributed by atoms with E-state index in [1.54, 1.807) is 7.11 Å². The van der Waals surface area contributed by atoms with Crippen molar-refractivity contribution in [2.75, 3.05) is 51.8 Å². The van der Waals surface area contributed by atoms with E-state index in [0.29, 0.717) is 19.2 Å². The molecule has 0 aliphatic carbocycles. The van der Waals surface area contributed by atoms with Gasteiger partial charge in [0, 0.05) is 38.5 Å². The van der Waals surface area contributed by atoms with E-state index < -0.39 is 0 Å². The number of benzene rings is 1. The second kappa shape index (κ2) is 14.0. The summed E-state index contributed by atoms with van der Waals surface area (Å²) in [6.07, 6.45) is 2.58. The van der Waals surface area contributed by atoms with Gasteiger partial charge in [-0.05, 0) is 50.6 Å². The highest BCUT2D eigenvalue weighted by atomic mass is 127. The van der Waals surface area contributed by atoms with Crippen molar-refractivity contribution in [2.24, 2.45) is 4.99 Å². The van der Waals surface area contributed by atoms with Crippen LogP contribution >= 0.6 is 24.0 Å². The molecule has 7 heteroatoms. The Labute approximate surface area is 181 Å². The van der Waals surface area contributed by atoms with E-state index in [1.807, 2.05) is 0 Å². The van der Waals surface area contributed by atoms with Gasteiger partial charge < -0.3 is 20.7 Å². The van der Waals surface area contributed by atoms with Gasteiger partial charge in [0.2, 0.25) is 0 Å². The number of rotatable bonds is 10. The molecule has 154 valence electrons. The second-order valence-electron chi connectivity index (χ2n) is 6.62. The lowest BCUT2D eigenvalue weighted by molar-refractivity contribution is 0.211. The van der Waals surface area contributed by atoms with E-state index >= 15 is 0 Å². The minimum atomic E-state index is 0. The zero-order valence-corrected chi connectivity index (χ0v) is 19.3. The van der Waals surface area contributed by atoms with Crippen molar-refractivity contribution < 1.29 is 4.74 Å². The molecule has 1 aromatic carbocycles. The Hall–Kier alpha value is -1.06. The minimum Gasteiger partial charge on any atom is -0.383 e. The number of halogens is 1. The number of likely N-dealkylation sites (N-methyl/N-ethyl adjacent to an activating group) is 1. The highest BCUT2D eigenvalue weighted by Crippen LogP contribution is 2.15. The first kappa shape index (κ1) is 24.0. The summed E-state index contributed by atoms with van der Waals surface area (Å²) in [5.41, 5.74) is 2.32. The number of guanidine groups is 1. The molecule has 1 heterocycles. The Balaban J connectivity index is 0.00000364. The van der Waals surface area contributed by atoms with Crippen LogP contribution in [0.15, 0.2) is 29.3 Å². The fraction of sp³-hybridized carbons (Fsp3) is 0.650. The number of methoxy groups -OCH3 is 1. The molecule has 0 spiro atoms. The first-order chi connectivity index (χ1) is 12.8. The van der Waals surface area contributed by atoms with Gasteiger partial charge in [-0.2, -0.15) is 0 Å². The molecule has 0 saturated carbocycles. The van der Waals surface area contributed by atoms with Gasteiger partial charge in [-0.1, -0.05) is 19.1 Å². The third kappa shape index (κ3) is 8.66. The molecule has 0 aromatic heterocycles. The first-order valence-corrected chi connectivity index (χ1v) is 9.84. The highest BCUT2D eigenvalue weighted by molar-refractivity contribution is 14.0. The van der Waals surface area contributed by atoms with Gasteiger partial charge in [0.1, 0.15) is 0 Å². The second-order valence-corrected chi connectivity index (χ2v) is 6.62. The summed E-state index contributed by atoms with van der Waals surface area (Å²) in [6, 6.07) is 9.06. The van der Waals surface area contributed by atoms with Gasteiger partial charge in [-0.3, -0.25) is 4.90 Å². The lowest BCUT2D eigenvalue weighted by Crippen LogP contribution is -2.44. The van der Waals surface area contributed by atoms with Crippen LogP contribution in [0.3, 0.4) is 0 Å². The van der Waals surface area contributed by atoms with E-state index in [1.165, 1.54) is 24.9 Å². The molecule has 1 aliphatic heterocycles. The van der Waals surface area contributed by atoms with Crippen LogP contribution in [-0.4, -0.2) is 63.3 Å². The predicted molar refractivity (Wildman–Crippen MR) is 125 cm³/mol. The van der Waals surface area contributed by atoms with Gasteiger partial charge in [0.15, 0.2) is 5.96 Å². The zero-order valence-electron chi connectivity index (χ0n) is 17.0. The largest absolute Gasteiger partial charge is 0.383 e. The summed E-state index contributed by atoms with van der Waals surface area (Å²) in [7, 11) is 1.71. The minimum absolute atomic E-state index is 0. The Morgan fingerprint density at radius 2 is 2.00 bits per heavy atom. The molecule has 2 rings (SSSR count). The number of nitrogens with one attached hydrogen (secondary N) is 3. The topological polar surface area (TPSA) is 60.9 Å². The Bertz CT molecular complexity index is 538. The molecule has 1 aliphatic rings. The molecule has 0 amide bonds. The van der Waals surface area contributed by atoms with Crippen LogP contribution in [0.4, 0.5) is 5.69 Å². The van der Waals surface area contributed by atoms with E-state index in [9.17, 15) is 0 Å². The Morgan fingerprint density at radius 3 is 2.67 bits per heavy atom. The maximum atomic E-state index is 5.05. The third-order valence-corrected chi connectivity index (χ3v) is 4.76. The molecule has 0 radical (unpaired) electrons. The van der Waals surface area contributed by atoms with Crippen molar-refractivity contribution in [1.82, 2.24) is 15.5 Å². The van der Waals surface area contributed by atoms with E-state index in [0.717, 1.165) is 37.8 Å². The van der Waals surface area contributed by atoms with E-state index in [2.05, 4.69) is 59.0 Å². The van der Waals surface area contributed by atoms with Crippen LogP contribution in [0.2, 0.25) is 0 Å². The molecule has 1 aromatic rings. The van der Waals surface area contributed by atoms with Crippen molar-refractivity contribution >= 4 is 35.6 Å². The SMILES string of the molecule is CCNC(=NCc1ccc(NCCOC)cc1)NCC1CCCN1CC.I. The smallest absolute Gasteiger partial charge is 0.191 e. The average Bonchev–Trinajstić information content (AvgIpc) is 3.13. The summed E-state index contributed by atoms with van der Waals surface area (Å²) in [6.45, 7) is 10.7. The quantitative estimate of drug-likeness (QED) is 0.204. The molecule has 1 fully saturated rings. The molecule has 1 atom stereocenters. The lowest BCUT2D eigenvalue weighted by atomic mass is 10.2. The number of aliphatic imine (C=N–C) groups is 1. The van der Waals surface area contributed by atoms with Gasteiger partial charge in [-0.25, -0.2) is 4.99 Å². The summed E-state index contributed by atoms with van der Waals surface area (Å²) in [5, 5.41) is 10.2. The molecule has 0 bridgehead atoms. The van der Waals surface area contributed by atoms with Crippen molar-refractivity contribution in [3.8, 4) is 0 Å². The van der Waals surface area contributed by atoms with Crippen molar-refractivity contribution in [3.05, 3.63) is 29.8 Å².